The fourth-order valence-corrected chi connectivity index (χ4v) is 3.22. The molecule has 35 heavy (non-hydrogen) atoms. The minimum Gasteiger partial charge on any atom is -0.462 e. The summed E-state index contributed by atoms with van der Waals surface area (Å²) in [5.74, 6) is -0.336. The first-order valence-corrected chi connectivity index (χ1v) is 11.1. The minimum absolute atomic E-state index is 0.252. The Morgan fingerprint density at radius 1 is 0.629 bits per heavy atom. The van der Waals surface area contributed by atoms with Crippen LogP contribution in [0.3, 0.4) is 0 Å². The van der Waals surface area contributed by atoms with Crippen molar-refractivity contribution < 1.29 is 28.6 Å². The van der Waals surface area contributed by atoms with Crippen molar-refractivity contribution in [2.75, 3.05) is 6.61 Å². The Hall–Kier alpha value is -4.45. The van der Waals surface area contributed by atoms with Gasteiger partial charge in [-0.05, 0) is 52.9 Å². The zero-order chi connectivity index (χ0) is 25.0. The molecule has 3 aromatic carbocycles. The van der Waals surface area contributed by atoms with E-state index in [4.69, 9.17) is 14.2 Å². The van der Waals surface area contributed by atoms with Gasteiger partial charge in [0, 0.05) is 25.0 Å². The molecule has 0 aliphatic carbocycles. The van der Waals surface area contributed by atoms with Gasteiger partial charge in [0.25, 0.3) is 0 Å². The fourth-order valence-electron chi connectivity index (χ4n) is 3.22. The second kappa shape index (κ2) is 12.7. The van der Waals surface area contributed by atoms with Crippen molar-refractivity contribution in [3.05, 3.63) is 109 Å². The highest BCUT2D eigenvalue weighted by molar-refractivity contribution is 5.83. The maximum Gasteiger partial charge on any atom is 0.335 e. The van der Waals surface area contributed by atoms with Gasteiger partial charge >= 0.3 is 17.9 Å². The van der Waals surface area contributed by atoms with Crippen molar-refractivity contribution in [2.45, 2.75) is 19.3 Å². The first-order valence-electron chi connectivity index (χ1n) is 11.1. The number of hydrogen-bond acceptors (Lipinski definition) is 6. The Balaban J connectivity index is 1.45. The molecule has 0 radical (unpaired) electrons. The smallest absolute Gasteiger partial charge is 0.335 e. The number of ether oxygens (including phenoxy) is 3. The molecule has 6 heteroatoms. The highest BCUT2D eigenvalue weighted by Crippen LogP contribution is 2.23. The normalized spacial score (nSPS) is 10.2. The lowest BCUT2D eigenvalue weighted by Gasteiger charge is -2.08. The molecule has 0 aliphatic heterocycles. The summed E-state index contributed by atoms with van der Waals surface area (Å²) >= 11 is 0. The predicted molar refractivity (Wildman–Crippen MR) is 133 cm³/mol. The number of hydrogen-bond donors (Lipinski definition) is 0. The fraction of sp³-hybridized carbons (Fsp3) is 0.138. The lowest BCUT2D eigenvalue weighted by atomic mass is 10.0. The number of benzene rings is 3. The molecule has 0 heterocycles. The molecule has 0 bridgehead atoms. The summed E-state index contributed by atoms with van der Waals surface area (Å²) in [4.78, 5) is 34.6. The number of carbonyl (C=O) groups excluding carboxylic acids is 3. The van der Waals surface area contributed by atoms with Crippen LogP contribution in [0.2, 0.25) is 0 Å². The maximum absolute atomic E-state index is 12.2. The van der Waals surface area contributed by atoms with Crippen LogP contribution < -0.4 is 9.47 Å². The lowest BCUT2D eigenvalue weighted by Crippen LogP contribution is -2.09. The van der Waals surface area contributed by atoms with Gasteiger partial charge in [-0.25, -0.2) is 9.59 Å². The predicted octanol–water partition coefficient (Wildman–Crippen LogP) is 5.25. The Morgan fingerprint density at radius 3 is 1.71 bits per heavy atom. The second-order valence-electron chi connectivity index (χ2n) is 7.59. The summed E-state index contributed by atoms with van der Waals surface area (Å²) in [7, 11) is 0. The molecule has 178 valence electrons. The molecule has 0 spiro atoms. The van der Waals surface area contributed by atoms with Crippen molar-refractivity contribution >= 4 is 17.9 Å². The first kappa shape index (κ1) is 25.2. The standard InChI is InChI=1S/C29H26O6/c1-3-27(30)33-20-19-22-7-14-25(15-8-22)35-29(32)18-9-21-5-10-23(11-6-21)24-12-16-26(17-13-24)34-28(31)4-2/h3-8,10-17H,1-2,9,18-20H2. The molecule has 0 saturated heterocycles. The van der Waals surface area contributed by atoms with E-state index in [1.54, 1.807) is 24.3 Å². The molecule has 0 aliphatic rings. The molecule has 0 N–H and O–H groups in total. The zero-order valence-corrected chi connectivity index (χ0v) is 19.3. The average Bonchev–Trinajstić information content (AvgIpc) is 2.89. The van der Waals surface area contributed by atoms with Gasteiger partial charge in [-0.2, -0.15) is 0 Å². The zero-order valence-electron chi connectivity index (χ0n) is 19.3. The summed E-state index contributed by atoms with van der Waals surface area (Å²) in [6.07, 6.45) is 3.62. The van der Waals surface area contributed by atoms with Crippen molar-refractivity contribution in [1.29, 1.82) is 0 Å². The van der Waals surface area contributed by atoms with Gasteiger partial charge < -0.3 is 14.2 Å². The van der Waals surface area contributed by atoms with Gasteiger partial charge in [0.05, 0.1) is 6.61 Å². The highest BCUT2D eigenvalue weighted by atomic mass is 16.5. The number of rotatable bonds is 11. The van der Waals surface area contributed by atoms with Crippen molar-refractivity contribution in [3.63, 3.8) is 0 Å². The first-order chi connectivity index (χ1) is 17.0. The van der Waals surface area contributed by atoms with Crippen molar-refractivity contribution in [3.8, 4) is 22.6 Å². The molecule has 0 atom stereocenters. The van der Waals surface area contributed by atoms with Gasteiger partial charge in [-0.15, -0.1) is 0 Å². The van der Waals surface area contributed by atoms with E-state index in [1.807, 2.05) is 48.5 Å². The molecule has 0 saturated carbocycles. The molecule has 0 aromatic heterocycles. The molecule has 6 nitrogen and oxygen atoms in total. The van der Waals surface area contributed by atoms with Gasteiger partial charge in [0.2, 0.25) is 0 Å². The highest BCUT2D eigenvalue weighted by Gasteiger charge is 2.07. The summed E-state index contributed by atoms with van der Waals surface area (Å²) < 4.78 is 15.5. The van der Waals surface area contributed by atoms with E-state index in [9.17, 15) is 14.4 Å². The monoisotopic (exact) mass is 470 g/mol. The van der Waals surface area contributed by atoms with Gasteiger partial charge in [-0.3, -0.25) is 4.79 Å². The molecule has 0 unspecified atom stereocenters. The van der Waals surface area contributed by atoms with Crippen LogP contribution in [-0.4, -0.2) is 24.5 Å². The largest absolute Gasteiger partial charge is 0.462 e. The Morgan fingerprint density at radius 2 is 1.11 bits per heavy atom. The summed E-state index contributed by atoms with van der Waals surface area (Å²) in [5, 5.41) is 0. The number of esters is 3. The average molecular weight is 471 g/mol. The molecular weight excluding hydrogens is 444 g/mol. The van der Waals surface area contributed by atoms with Gasteiger partial charge in [0.15, 0.2) is 0 Å². The van der Waals surface area contributed by atoms with Gasteiger partial charge in [-0.1, -0.05) is 61.7 Å². The maximum atomic E-state index is 12.2. The van der Waals surface area contributed by atoms with E-state index in [1.165, 1.54) is 0 Å². The van der Waals surface area contributed by atoms with Crippen LogP contribution in [0.25, 0.3) is 11.1 Å². The van der Waals surface area contributed by atoms with Gasteiger partial charge in [0.1, 0.15) is 11.5 Å². The van der Waals surface area contributed by atoms with Crippen LogP contribution in [0.5, 0.6) is 11.5 Å². The summed E-state index contributed by atoms with van der Waals surface area (Å²) in [6.45, 7) is 6.99. The van der Waals surface area contributed by atoms with Crippen molar-refractivity contribution in [2.24, 2.45) is 0 Å². The van der Waals surface area contributed by atoms with E-state index in [2.05, 4.69) is 13.2 Å². The lowest BCUT2D eigenvalue weighted by molar-refractivity contribution is -0.137. The Labute approximate surface area is 204 Å². The number of carbonyl (C=O) groups is 3. The SMILES string of the molecule is C=CC(=O)OCCc1ccc(OC(=O)CCc2ccc(-c3ccc(OC(=O)C=C)cc3)cc2)cc1. The van der Waals surface area contributed by atoms with E-state index >= 15 is 0 Å². The molecule has 0 amide bonds. The van der Waals surface area contributed by atoms with Crippen LogP contribution in [0.1, 0.15) is 17.5 Å². The molecule has 3 aromatic rings. The Kier molecular flexibility index (Phi) is 9.14. The quantitative estimate of drug-likeness (QED) is 0.216. The van der Waals surface area contributed by atoms with Crippen LogP contribution in [0.15, 0.2) is 98.1 Å². The van der Waals surface area contributed by atoms with E-state index in [0.29, 0.717) is 24.3 Å². The van der Waals surface area contributed by atoms with E-state index in [-0.39, 0.29) is 19.0 Å². The topological polar surface area (TPSA) is 78.9 Å². The Bertz CT molecular complexity index is 1180. The van der Waals surface area contributed by atoms with Crippen LogP contribution in [0.4, 0.5) is 0 Å². The summed E-state index contributed by atoms with van der Waals surface area (Å²) in [5.41, 5.74) is 3.98. The van der Waals surface area contributed by atoms with Crippen LogP contribution >= 0.6 is 0 Å². The summed E-state index contributed by atoms with van der Waals surface area (Å²) in [6, 6.07) is 22.2. The van der Waals surface area contributed by atoms with E-state index in [0.717, 1.165) is 34.4 Å². The third-order valence-electron chi connectivity index (χ3n) is 5.10. The molecule has 0 fully saturated rings. The van der Waals surface area contributed by atoms with Crippen LogP contribution in [0, 0.1) is 0 Å². The number of aryl methyl sites for hydroxylation is 1. The van der Waals surface area contributed by atoms with E-state index < -0.39 is 11.9 Å². The molecule has 3 rings (SSSR count). The van der Waals surface area contributed by atoms with Crippen molar-refractivity contribution in [1.82, 2.24) is 0 Å². The third-order valence-corrected chi connectivity index (χ3v) is 5.10. The van der Waals surface area contributed by atoms with Crippen LogP contribution in [-0.2, 0) is 32.0 Å². The second-order valence-corrected chi connectivity index (χ2v) is 7.59. The minimum atomic E-state index is -0.499. The molecular formula is C29H26O6. The third kappa shape index (κ3) is 8.12.